The fraction of sp³-hybridized carbons (Fsp3) is 0.818. The molecule has 1 heteroatoms. The van der Waals surface area contributed by atoms with Crippen molar-refractivity contribution in [1.82, 2.24) is 5.32 Å². The van der Waals surface area contributed by atoms with Gasteiger partial charge >= 0.3 is 0 Å². The zero-order valence-corrected chi connectivity index (χ0v) is 8.14. The van der Waals surface area contributed by atoms with Crippen LogP contribution in [0.2, 0.25) is 0 Å². The van der Waals surface area contributed by atoms with Crippen LogP contribution in [0.3, 0.4) is 0 Å². The van der Waals surface area contributed by atoms with Crippen molar-refractivity contribution in [3.8, 4) is 0 Å². The largest absolute Gasteiger partial charge is 0.386 e. The molecule has 0 bridgehead atoms. The average molecular weight is 165 g/mol. The van der Waals surface area contributed by atoms with E-state index >= 15 is 0 Å². The Morgan fingerprint density at radius 3 is 3.00 bits per heavy atom. The smallest absolute Gasteiger partial charge is 0.0230 e. The summed E-state index contributed by atoms with van der Waals surface area (Å²) in [5.41, 5.74) is 1.55. The van der Waals surface area contributed by atoms with Gasteiger partial charge in [0.1, 0.15) is 0 Å². The van der Waals surface area contributed by atoms with Crippen molar-refractivity contribution in [2.75, 3.05) is 0 Å². The molecular formula is C11H19N. The SMILES string of the molecule is CC1CC=C2N[C@H](C)CCC2C1. The molecule has 1 nitrogen and oxygen atoms in total. The van der Waals surface area contributed by atoms with Crippen molar-refractivity contribution in [1.29, 1.82) is 0 Å². The van der Waals surface area contributed by atoms with Crippen molar-refractivity contribution in [3.63, 3.8) is 0 Å². The second kappa shape index (κ2) is 3.12. The zero-order chi connectivity index (χ0) is 8.55. The van der Waals surface area contributed by atoms with Gasteiger partial charge in [0.05, 0.1) is 0 Å². The normalized spacial score (nSPS) is 41.2. The molecule has 12 heavy (non-hydrogen) atoms. The highest BCUT2D eigenvalue weighted by Gasteiger charge is 2.26. The summed E-state index contributed by atoms with van der Waals surface area (Å²) in [4.78, 5) is 0. The number of hydrogen-bond acceptors (Lipinski definition) is 1. The third-order valence-corrected chi connectivity index (χ3v) is 3.23. The molecule has 1 fully saturated rings. The van der Waals surface area contributed by atoms with E-state index in [0.29, 0.717) is 6.04 Å². The van der Waals surface area contributed by atoms with Gasteiger partial charge in [-0.25, -0.2) is 0 Å². The minimum atomic E-state index is 0.709. The van der Waals surface area contributed by atoms with Crippen molar-refractivity contribution in [3.05, 3.63) is 11.8 Å². The first-order valence-electron chi connectivity index (χ1n) is 5.22. The van der Waals surface area contributed by atoms with Crippen molar-refractivity contribution in [2.24, 2.45) is 11.8 Å². The first-order valence-corrected chi connectivity index (χ1v) is 5.22. The predicted molar refractivity (Wildman–Crippen MR) is 51.8 cm³/mol. The average Bonchev–Trinajstić information content (AvgIpc) is 2.05. The molecule has 1 N–H and O–H groups in total. The standard InChI is InChI=1S/C11H19N/c1-8-3-6-11-10(7-8)5-4-9(2)12-11/h6,8-10,12H,3-5,7H2,1-2H3/t8?,9-,10?/m1/s1. The lowest BCUT2D eigenvalue weighted by atomic mass is 9.80. The van der Waals surface area contributed by atoms with Crippen molar-refractivity contribution >= 4 is 0 Å². The lowest BCUT2D eigenvalue weighted by Gasteiger charge is -2.36. The van der Waals surface area contributed by atoms with E-state index in [1.54, 1.807) is 5.70 Å². The molecule has 3 atom stereocenters. The maximum Gasteiger partial charge on any atom is 0.0230 e. The summed E-state index contributed by atoms with van der Waals surface area (Å²) >= 11 is 0. The highest BCUT2D eigenvalue weighted by Crippen LogP contribution is 2.34. The molecule has 0 aromatic rings. The van der Waals surface area contributed by atoms with Crippen LogP contribution < -0.4 is 5.32 Å². The molecule has 68 valence electrons. The predicted octanol–water partition coefficient (Wildman–Crippen LogP) is 2.69. The van der Waals surface area contributed by atoms with E-state index in [9.17, 15) is 0 Å². The number of hydrogen-bond donors (Lipinski definition) is 1. The minimum Gasteiger partial charge on any atom is -0.386 e. The lowest BCUT2D eigenvalue weighted by molar-refractivity contribution is 0.307. The fourth-order valence-electron chi connectivity index (χ4n) is 2.46. The molecule has 1 aliphatic carbocycles. The van der Waals surface area contributed by atoms with Crippen LogP contribution in [-0.4, -0.2) is 6.04 Å². The highest BCUT2D eigenvalue weighted by molar-refractivity contribution is 5.12. The summed E-state index contributed by atoms with van der Waals surface area (Å²) in [5.74, 6) is 1.78. The van der Waals surface area contributed by atoms with E-state index in [2.05, 4.69) is 25.2 Å². The third-order valence-electron chi connectivity index (χ3n) is 3.23. The van der Waals surface area contributed by atoms with Crippen molar-refractivity contribution < 1.29 is 0 Å². The van der Waals surface area contributed by atoms with E-state index < -0.39 is 0 Å². The maximum atomic E-state index is 3.60. The molecule has 0 aromatic carbocycles. The summed E-state index contributed by atoms with van der Waals surface area (Å²) in [6.45, 7) is 4.65. The number of rotatable bonds is 0. The lowest BCUT2D eigenvalue weighted by Crippen LogP contribution is -2.37. The van der Waals surface area contributed by atoms with Crippen LogP contribution in [0.15, 0.2) is 11.8 Å². The van der Waals surface area contributed by atoms with Gasteiger partial charge in [-0.2, -0.15) is 0 Å². The molecule has 1 saturated heterocycles. The van der Waals surface area contributed by atoms with Gasteiger partial charge in [0, 0.05) is 11.7 Å². The Bertz CT molecular complexity index is 195. The monoisotopic (exact) mass is 165 g/mol. The van der Waals surface area contributed by atoms with Crippen LogP contribution in [0.5, 0.6) is 0 Å². The van der Waals surface area contributed by atoms with Gasteiger partial charge in [0.2, 0.25) is 0 Å². The van der Waals surface area contributed by atoms with Crippen LogP contribution in [-0.2, 0) is 0 Å². The minimum absolute atomic E-state index is 0.709. The summed E-state index contributed by atoms with van der Waals surface area (Å²) in [6, 6.07) is 0.709. The van der Waals surface area contributed by atoms with Gasteiger partial charge in [0.25, 0.3) is 0 Å². The van der Waals surface area contributed by atoms with Gasteiger partial charge in [-0.15, -0.1) is 0 Å². The zero-order valence-electron chi connectivity index (χ0n) is 8.14. The van der Waals surface area contributed by atoms with Crippen LogP contribution in [0, 0.1) is 11.8 Å². The Morgan fingerprint density at radius 1 is 1.33 bits per heavy atom. The number of piperidine rings is 1. The molecule has 0 radical (unpaired) electrons. The number of fused-ring (bicyclic) bond motifs is 1. The Labute approximate surface area is 75.2 Å². The van der Waals surface area contributed by atoms with Crippen LogP contribution in [0.25, 0.3) is 0 Å². The summed E-state index contributed by atoms with van der Waals surface area (Å²) in [7, 11) is 0. The Hall–Kier alpha value is -0.460. The molecular weight excluding hydrogens is 146 g/mol. The van der Waals surface area contributed by atoms with Crippen LogP contribution >= 0.6 is 0 Å². The van der Waals surface area contributed by atoms with Gasteiger partial charge in [-0.1, -0.05) is 13.0 Å². The second-order valence-electron chi connectivity index (χ2n) is 4.56. The van der Waals surface area contributed by atoms with Gasteiger partial charge in [0.15, 0.2) is 0 Å². The van der Waals surface area contributed by atoms with Crippen LogP contribution in [0.1, 0.15) is 39.5 Å². The molecule has 0 spiro atoms. The second-order valence-corrected chi connectivity index (χ2v) is 4.56. The first kappa shape index (κ1) is 8.15. The summed E-state index contributed by atoms with van der Waals surface area (Å²) in [5, 5.41) is 3.60. The molecule has 1 heterocycles. The Balaban J connectivity index is 2.07. The summed E-state index contributed by atoms with van der Waals surface area (Å²) in [6.07, 6.45) is 7.88. The summed E-state index contributed by atoms with van der Waals surface area (Å²) < 4.78 is 0. The van der Waals surface area contributed by atoms with E-state index in [0.717, 1.165) is 11.8 Å². The topological polar surface area (TPSA) is 12.0 Å². The molecule has 0 aromatic heterocycles. The van der Waals surface area contributed by atoms with Crippen LogP contribution in [0.4, 0.5) is 0 Å². The van der Waals surface area contributed by atoms with Gasteiger partial charge in [-0.05, 0) is 44.4 Å². The molecule has 2 unspecified atom stereocenters. The fourth-order valence-corrected chi connectivity index (χ4v) is 2.46. The quantitative estimate of drug-likeness (QED) is 0.582. The third kappa shape index (κ3) is 1.50. The van der Waals surface area contributed by atoms with E-state index in [4.69, 9.17) is 0 Å². The molecule has 2 rings (SSSR count). The number of allylic oxidation sites excluding steroid dienone is 2. The Morgan fingerprint density at radius 2 is 2.17 bits per heavy atom. The maximum absolute atomic E-state index is 3.60. The van der Waals surface area contributed by atoms with Gasteiger partial charge in [-0.3, -0.25) is 0 Å². The first-order chi connectivity index (χ1) is 5.75. The van der Waals surface area contributed by atoms with E-state index in [-0.39, 0.29) is 0 Å². The Kier molecular flexibility index (Phi) is 2.12. The van der Waals surface area contributed by atoms with Crippen molar-refractivity contribution in [2.45, 2.75) is 45.6 Å². The number of nitrogens with one attached hydrogen (secondary N) is 1. The van der Waals surface area contributed by atoms with Gasteiger partial charge < -0.3 is 5.32 Å². The molecule has 1 aliphatic heterocycles. The van der Waals surface area contributed by atoms with E-state index in [1.807, 2.05) is 0 Å². The molecule has 2 aliphatic rings. The molecule has 0 amide bonds. The van der Waals surface area contributed by atoms with E-state index in [1.165, 1.54) is 25.7 Å². The highest BCUT2D eigenvalue weighted by atomic mass is 14.9. The molecule has 0 saturated carbocycles.